The number of benzene rings is 2. The van der Waals surface area contributed by atoms with Gasteiger partial charge in [0.25, 0.3) is 5.91 Å². The fraction of sp³-hybridized carbons (Fsp3) is 0.486. The predicted molar refractivity (Wildman–Crippen MR) is 187 cm³/mol. The first-order valence-corrected chi connectivity index (χ1v) is 17.3. The lowest BCUT2D eigenvalue weighted by molar-refractivity contribution is -0.142. The van der Waals surface area contributed by atoms with E-state index in [0.717, 1.165) is 0 Å². The third kappa shape index (κ3) is 5.84. The van der Waals surface area contributed by atoms with Gasteiger partial charge >= 0.3 is 0 Å². The Kier molecular flexibility index (Phi) is 10.4. The van der Waals surface area contributed by atoms with Gasteiger partial charge in [-0.25, -0.2) is 0 Å². The Bertz CT molecular complexity index is 1480. The average molecular weight is 662 g/mol. The second kappa shape index (κ2) is 14.2. The van der Waals surface area contributed by atoms with E-state index >= 15 is 4.79 Å². The predicted octanol–water partition coefficient (Wildman–Crippen LogP) is 5.19. The Hall–Kier alpha value is -3.76. The second-order valence-corrected chi connectivity index (χ2v) is 14.4. The summed E-state index contributed by atoms with van der Waals surface area (Å²) in [5, 5.41) is 10.5. The molecule has 0 saturated carbocycles. The van der Waals surface area contributed by atoms with E-state index in [2.05, 4.69) is 20.1 Å². The molecule has 3 amide bonds. The van der Waals surface area contributed by atoms with Gasteiger partial charge in [-0.15, -0.1) is 24.9 Å². The monoisotopic (exact) mass is 661 g/mol. The molecule has 3 fully saturated rings. The summed E-state index contributed by atoms with van der Waals surface area (Å²) >= 11 is 1.62. The van der Waals surface area contributed by atoms with Gasteiger partial charge in [0.05, 0.1) is 42.9 Å². The number of amides is 3. The van der Waals surface area contributed by atoms with Crippen molar-refractivity contribution >= 4 is 40.9 Å². The first-order valence-electron chi connectivity index (χ1n) is 16.4. The van der Waals surface area contributed by atoms with E-state index in [1.807, 2.05) is 57.2 Å². The van der Waals surface area contributed by atoms with Crippen LogP contribution in [-0.2, 0) is 14.4 Å². The highest BCUT2D eigenvalue weighted by Gasteiger charge is 2.77. The van der Waals surface area contributed by atoms with E-state index < -0.39 is 28.7 Å². The van der Waals surface area contributed by atoms with Gasteiger partial charge in [0.15, 0.2) is 0 Å². The van der Waals surface area contributed by atoms with E-state index in [0.29, 0.717) is 35.9 Å². The standard InChI is InChI=1S/C37H47N3O6S/c1-8-19-38(25-13-17-28(18-14-25)46-10-3)34(42)31-30-21-24(6)37(47-30)32(31)35(43)40(29(22-41)23(4)5)33(37)36(44)39(20-9-2)26-11-15-27(45-7)16-12-26/h8-9,11-18,23-24,29-33,41H,1-2,10,19-22H2,3-7H3/t24?,29-,30+,31-,32-,33?,37?/m0/s1. The van der Waals surface area contributed by atoms with Crippen LogP contribution in [0, 0.1) is 23.7 Å². The average Bonchev–Trinajstić information content (AvgIpc) is 3.66. The number of hydrogen-bond donors (Lipinski definition) is 1. The number of methoxy groups -OCH3 is 1. The second-order valence-electron chi connectivity index (χ2n) is 12.9. The lowest BCUT2D eigenvalue weighted by Crippen LogP contribution is -2.60. The molecule has 7 atom stereocenters. The molecule has 1 spiro atoms. The number of anilines is 2. The van der Waals surface area contributed by atoms with Gasteiger partial charge in [-0.1, -0.05) is 32.9 Å². The van der Waals surface area contributed by atoms with Gasteiger partial charge < -0.3 is 29.3 Å². The number of hydrogen-bond acceptors (Lipinski definition) is 7. The maximum Gasteiger partial charge on any atom is 0.251 e. The summed E-state index contributed by atoms with van der Waals surface area (Å²) in [4.78, 5) is 49.6. The zero-order valence-corrected chi connectivity index (χ0v) is 28.8. The molecule has 2 aromatic rings. The first-order chi connectivity index (χ1) is 22.6. The number of fused-ring (bicyclic) bond motifs is 1. The minimum absolute atomic E-state index is 0.0271. The summed E-state index contributed by atoms with van der Waals surface area (Å²) < 4.78 is 10.1. The summed E-state index contributed by atoms with van der Waals surface area (Å²) in [5.74, 6) is -0.803. The van der Waals surface area contributed by atoms with Crippen LogP contribution in [0.1, 0.15) is 34.1 Å². The van der Waals surface area contributed by atoms with Gasteiger partial charge in [0, 0.05) is 29.7 Å². The molecule has 2 bridgehead atoms. The summed E-state index contributed by atoms with van der Waals surface area (Å²) in [6.07, 6.45) is 4.05. The highest BCUT2D eigenvalue weighted by Crippen LogP contribution is 2.69. The van der Waals surface area contributed by atoms with Crippen molar-refractivity contribution in [3.05, 3.63) is 73.8 Å². The molecular weight excluding hydrogens is 614 g/mol. The lowest BCUT2D eigenvalue weighted by atomic mass is 9.65. The van der Waals surface area contributed by atoms with E-state index in [-0.39, 0.29) is 54.5 Å². The molecule has 5 rings (SSSR count). The van der Waals surface area contributed by atoms with Crippen LogP contribution in [0.25, 0.3) is 0 Å². The molecule has 1 N–H and O–H groups in total. The third-order valence-electron chi connectivity index (χ3n) is 10.0. The molecule has 3 saturated heterocycles. The van der Waals surface area contributed by atoms with Crippen LogP contribution in [0.3, 0.4) is 0 Å². The molecular formula is C37H47N3O6S. The van der Waals surface area contributed by atoms with Crippen LogP contribution in [0.4, 0.5) is 11.4 Å². The first kappa shape index (κ1) is 34.6. The van der Waals surface area contributed by atoms with Crippen molar-refractivity contribution < 1.29 is 29.0 Å². The molecule has 3 aliphatic rings. The van der Waals surface area contributed by atoms with Crippen molar-refractivity contribution in [2.24, 2.45) is 23.7 Å². The zero-order valence-electron chi connectivity index (χ0n) is 28.0. The molecule has 3 heterocycles. The number of carbonyl (C=O) groups is 3. The van der Waals surface area contributed by atoms with Gasteiger partial charge in [-0.3, -0.25) is 14.4 Å². The van der Waals surface area contributed by atoms with Gasteiger partial charge in [0.2, 0.25) is 11.8 Å². The Labute approximate surface area is 282 Å². The van der Waals surface area contributed by atoms with E-state index in [1.165, 1.54) is 0 Å². The number of aliphatic hydroxyl groups is 1. The summed E-state index contributed by atoms with van der Waals surface area (Å²) in [6.45, 7) is 16.5. The molecule has 10 heteroatoms. The van der Waals surface area contributed by atoms with Gasteiger partial charge in [-0.2, -0.15) is 0 Å². The molecule has 3 unspecified atom stereocenters. The van der Waals surface area contributed by atoms with Crippen LogP contribution < -0.4 is 19.3 Å². The van der Waals surface area contributed by atoms with Gasteiger partial charge in [0.1, 0.15) is 17.5 Å². The number of thioether (sulfide) groups is 1. The highest BCUT2D eigenvalue weighted by molar-refractivity contribution is 8.02. The van der Waals surface area contributed by atoms with Gasteiger partial charge in [-0.05, 0) is 73.7 Å². The molecule has 0 aromatic heterocycles. The Morgan fingerprint density at radius 1 is 1.02 bits per heavy atom. The Morgan fingerprint density at radius 3 is 2.06 bits per heavy atom. The third-order valence-corrected chi connectivity index (χ3v) is 12.1. The summed E-state index contributed by atoms with van der Waals surface area (Å²) in [6, 6.07) is 13.1. The van der Waals surface area contributed by atoms with Crippen LogP contribution in [0.5, 0.6) is 11.5 Å². The SMILES string of the molecule is C=CCN(C(=O)C1N([C@@H](CO)C(C)C)C(=O)[C@@H]2[C@@H](C(=O)N(CC=C)c3ccc(OCC)cc3)[C@H]3CC(C)C12S3)c1ccc(OC)cc1. The molecule has 0 radical (unpaired) electrons. The van der Waals surface area contributed by atoms with Crippen LogP contribution in [0.2, 0.25) is 0 Å². The number of likely N-dealkylation sites (tertiary alicyclic amines) is 1. The topological polar surface area (TPSA) is 99.6 Å². The molecule has 3 aliphatic heterocycles. The van der Waals surface area contributed by atoms with Crippen molar-refractivity contribution in [3.63, 3.8) is 0 Å². The fourth-order valence-electron chi connectivity index (χ4n) is 7.88. The lowest BCUT2D eigenvalue weighted by Gasteiger charge is -2.43. The quantitative estimate of drug-likeness (QED) is 0.279. The van der Waals surface area contributed by atoms with E-state index in [4.69, 9.17) is 9.47 Å². The number of nitrogens with zero attached hydrogens (tertiary/aromatic N) is 3. The molecule has 252 valence electrons. The van der Waals surface area contributed by atoms with Crippen LogP contribution in [0.15, 0.2) is 73.8 Å². The maximum absolute atomic E-state index is 15.0. The van der Waals surface area contributed by atoms with Crippen LogP contribution >= 0.6 is 11.8 Å². The molecule has 47 heavy (non-hydrogen) atoms. The number of carbonyl (C=O) groups excluding carboxylic acids is 3. The normalized spacial score (nSPS) is 26.6. The van der Waals surface area contributed by atoms with Crippen molar-refractivity contribution in [1.82, 2.24) is 4.90 Å². The molecule has 2 aromatic carbocycles. The van der Waals surface area contributed by atoms with Crippen LogP contribution in [-0.4, -0.2) is 83.2 Å². The Balaban J connectivity index is 1.60. The van der Waals surface area contributed by atoms with E-state index in [1.54, 1.807) is 57.9 Å². The van der Waals surface area contributed by atoms with Crippen molar-refractivity contribution in [2.45, 2.75) is 56.2 Å². The Morgan fingerprint density at radius 2 is 1.57 bits per heavy atom. The van der Waals surface area contributed by atoms with Crippen molar-refractivity contribution in [3.8, 4) is 11.5 Å². The number of ether oxygens (including phenoxy) is 2. The summed E-state index contributed by atoms with van der Waals surface area (Å²) in [5.41, 5.74) is 1.34. The van der Waals surface area contributed by atoms with Crippen molar-refractivity contribution in [1.29, 1.82) is 0 Å². The number of aliphatic hydroxyl groups excluding tert-OH is 1. The largest absolute Gasteiger partial charge is 0.497 e. The molecule has 0 aliphatic carbocycles. The number of rotatable bonds is 14. The zero-order chi connectivity index (χ0) is 34.0. The minimum atomic E-state index is -0.886. The summed E-state index contributed by atoms with van der Waals surface area (Å²) in [7, 11) is 1.59. The van der Waals surface area contributed by atoms with Crippen molar-refractivity contribution in [2.75, 3.05) is 43.2 Å². The maximum atomic E-state index is 15.0. The highest BCUT2D eigenvalue weighted by atomic mass is 32.2. The minimum Gasteiger partial charge on any atom is -0.497 e. The fourth-order valence-corrected chi connectivity index (χ4v) is 10.3. The smallest absolute Gasteiger partial charge is 0.251 e. The molecule has 9 nitrogen and oxygen atoms in total. The van der Waals surface area contributed by atoms with E-state index in [9.17, 15) is 14.7 Å².